The molecule has 2 rings (SSSR count). The highest BCUT2D eigenvalue weighted by atomic mass is 32.1. The molecule has 0 bridgehead atoms. The summed E-state index contributed by atoms with van der Waals surface area (Å²) in [5, 5.41) is -0.845. The number of methoxy groups -OCH3 is 1. The van der Waals surface area contributed by atoms with Crippen molar-refractivity contribution in [2.24, 2.45) is 0 Å². The molecule has 0 saturated heterocycles. The molecular formula is C9H6F3NOS. The molecule has 0 amide bonds. The number of rotatable bonds is 1. The second-order valence-electron chi connectivity index (χ2n) is 2.83. The summed E-state index contributed by atoms with van der Waals surface area (Å²) in [6.07, 6.45) is -4.39. The number of hydrogen-bond acceptors (Lipinski definition) is 3. The van der Waals surface area contributed by atoms with Gasteiger partial charge >= 0.3 is 6.18 Å². The zero-order valence-electron chi connectivity index (χ0n) is 7.63. The molecule has 0 spiro atoms. The van der Waals surface area contributed by atoms with Crippen LogP contribution in [0, 0.1) is 0 Å². The van der Waals surface area contributed by atoms with Gasteiger partial charge in [-0.1, -0.05) is 6.07 Å². The van der Waals surface area contributed by atoms with Crippen molar-refractivity contribution in [1.82, 2.24) is 4.98 Å². The normalized spacial score (nSPS) is 12.0. The van der Waals surface area contributed by atoms with Crippen LogP contribution in [0.2, 0.25) is 0 Å². The SMILES string of the molecule is COc1cccc2nc(C(F)(F)F)sc12. The van der Waals surface area contributed by atoms with Crippen LogP contribution in [0.15, 0.2) is 18.2 Å². The van der Waals surface area contributed by atoms with Gasteiger partial charge in [-0.15, -0.1) is 11.3 Å². The zero-order valence-corrected chi connectivity index (χ0v) is 8.45. The first-order valence-electron chi connectivity index (χ1n) is 4.03. The van der Waals surface area contributed by atoms with E-state index in [4.69, 9.17) is 4.74 Å². The summed E-state index contributed by atoms with van der Waals surface area (Å²) in [7, 11) is 1.42. The van der Waals surface area contributed by atoms with Crippen LogP contribution in [0.5, 0.6) is 5.75 Å². The second kappa shape index (κ2) is 3.37. The van der Waals surface area contributed by atoms with E-state index < -0.39 is 11.2 Å². The fraction of sp³-hybridized carbons (Fsp3) is 0.222. The molecular weight excluding hydrogens is 227 g/mol. The van der Waals surface area contributed by atoms with E-state index in [2.05, 4.69) is 4.98 Å². The van der Waals surface area contributed by atoms with E-state index in [9.17, 15) is 13.2 Å². The molecule has 1 aromatic carbocycles. The predicted octanol–water partition coefficient (Wildman–Crippen LogP) is 3.32. The number of hydrogen-bond donors (Lipinski definition) is 0. The number of benzene rings is 1. The van der Waals surface area contributed by atoms with Crippen molar-refractivity contribution in [2.75, 3.05) is 7.11 Å². The topological polar surface area (TPSA) is 22.1 Å². The number of thiazole rings is 1. The van der Waals surface area contributed by atoms with Gasteiger partial charge in [0.2, 0.25) is 0 Å². The largest absolute Gasteiger partial charge is 0.495 e. The second-order valence-corrected chi connectivity index (χ2v) is 3.82. The average Bonchev–Trinajstić information content (AvgIpc) is 2.59. The van der Waals surface area contributed by atoms with Crippen LogP contribution in [0.25, 0.3) is 10.2 Å². The van der Waals surface area contributed by atoms with Crippen LogP contribution in [-0.2, 0) is 6.18 Å². The van der Waals surface area contributed by atoms with Crippen molar-refractivity contribution < 1.29 is 17.9 Å². The Balaban J connectivity index is 2.65. The van der Waals surface area contributed by atoms with Crippen molar-refractivity contribution in [1.29, 1.82) is 0 Å². The van der Waals surface area contributed by atoms with E-state index in [1.54, 1.807) is 12.1 Å². The van der Waals surface area contributed by atoms with Gasteiger partial charge in [-0.3, -0.25) is 0 Å². The molecule has 0 aliphatic rings. The summed E-state index contributed by atoms with van der Waals surface area (Å²) in [4.78, 5) is 3.51. The zero-order chi connectivity index (χ0) is 11.1. The smallest absolute Gasteiger partial charge is 0.443 e. The van der Waals surface area contributed by atoms with Gasteiger partial charge in [0.15, 0.2) is 5.01 Å². The predicted molar refractivity (Wildman–Crippen MR) is 51.2 cm³/mol. The fourth-order valence-corrected chi connectivity index (χ4v) is 2.13. The van der Waals surface area contributed by atoms with Crippen molar-refractivity contribution in [2.45, 2.75) is 6.18 Å². The quantitative estimate of drug-likeness (QED) is 0.753. The van der Waals surface area contributed by atoms with E-state index in [1.807, 2.05) is 0 Å². The van der Waals surface area contributed by atoms with Gasteiger partial charge in [-0.2, -0.15) is 13.2 Å². The third-order valence-electron chi connectivity index (χ3n) is 1.84. The highest BCUT2D eigenvalue weighted by molar-refractivity contribution is 7.19. The summed E-state index contributed by atoms with van der Waals surface area (Å²) in [6, 6.07) is 4.76. The minimum absolute atomic E-state index is 0.312. The van der Waals surface area contributed by atoms with Crippen LogP contribution in [0.4, 0.5) is 13.2 Å². The number of fused-ring (bicyclic) bond motifs is 1. The lowest BCUT2D eigenvalue weighted by Gasteiger charge is -1.99. The molecule has 1 heterocycles. The standard InChI is InChI=1S/C9H6F3NOS/c1-14-6-4-2-3-5-7(6)15-8(13-5)9(10,11)12/h2-4H,1H3. The molecule has 0 aliphatic carbocycles. The molecule has 2 aromatic rings. The Labute approximate surface area is 87.3 Å². The lowest BCUT2D eigenvalue weighted by molar-refractivity contribution is -0.137. The van der Waals surface area contributed by atoms with E-state index in [0.717, 1.165) is 0 Å². The Bertz CT molecular complexity index is 492. The third kappa shape index (κ3) is 1.77. The Hall–Kier alpha value is -1.30. The summed E-state index contributed by atoms with van der Waals surface area (Å²) < 4.78 is 42.5. The molecule has 2 nitrogen and oxygen atoms in total. The summed E-state index contributed by atoms with van der Waals surface area (Å²) in [5.74, 6) is 0.417. The monoisotopic (exact) mass is 233 g/mol. The Morgan fingerprint density at radius 2 is 2.07 bits per heavy atom. The molecule has 0 radical (unpaired) electrons. The fourth-order valence-electron chi connectivity index (χ4n) is 1.21. The van der Waals surface area contributed by atoms with Gasteiger partial charge in [0, 0.05) is 0 Å². The van der Waals surface area contributed by atoms with Gasteiger partial charge in [0.05, 0.1) is 17.3 Å². The first-order chi connectivity index (χ1) is 7.02. The van der Waals surface area contributed by atoms with Gasteiger partial charge in [-0.05, 0) is 12.1 Å². The molecule has 80 valence electrons. The van der Waals surface area contributed by atoms with Crippen molar-refractivity contribution in [3.05, 3.63) is 23.2 Å². The summed E-state index contributed by atoms with van der Waals surface area (Å²) >= 11 is 0.594. The Morgan fingerprint density at radius 1 is 1.33 bits per heavy atom. The minimum atomic E-state index is -4.39. The van der Waals surface area contributed by atoms with Crippen LogP contribution < -0.4 is 4.74 Å². The van der Waals surface area contributed by atoms with Crippen LogP contribution in [-0.4, -0.2) is 12.1 Å². The highest BCUT2D eigenvalue weighted by Gasteiger charge is 2.35. The first kappa shape index (κ1) is 10.2. The third-order valence-corrected chi connectivity index (χ3v) is 2.97. The van der Waals surface area contributed by atoms with E-state index in [-0.39, 0.29) is 0 Å². The summed E-state index contributed by atoms with van der Waals surface area (Å²) in [6.45, 7) is 0. The number of alkyl halides is 3. The number of nitrogens with zero attached hydrogens (tertiary/aromatic N) is 1. The van der Waals surface area contributed by atoms with E-state index in [1.165, 1.54) is 13.2 Å². The summed E-state index contributed by atoms with van der Waals surface area (Å²) in [5.41, 5.74) is 0.312. The van der Waals surface area contributed by atoms with Gasteiger partial charge in [0.25, 0.3) is 0 Å². The minimum Gasteiger partial charge on any atom is -0.495 e. The molecule has 6 heteroatoms. The number of halogens is 3. The Kier molecular flexibility index (Phi) is 2.30. The van der Waals surface area contributed by atoms with Crippen molar-refractivity contribution >= 4 is 21.6 Å². The molecule has 0 aliphatic heterocycles. The number of aromatic nitrogens is 1. The highest BCUT2D eigenvalue weighted by Crippen LogP contribution is 2.38. The lowest BCUT2D eigenvalue weighted by atomic mass is 10.3. The Morgan fingerprint density at radius 3 is 2.67 bits per heavy atom. The van der Waals surface area contributed by atoms with E-state index in [0.29, 0.717) is 27.3 Å². The maximum atomic E-state index is 12.4. The van der Waals surface area contributed by atoms with Gasteiger partial charge < -0.3 is 4.74 Å². The first-order valence-corrected chi connectivity index (χ1v) is 4.85. The molecule has 1 aromatic heterocycles. The molecule has 0 fully saturated rings. The van der Waals surface area contributed by atoms with Gasteiger partial charge in [-0.25, -0.2) is 4.98 Å². The maximum Gasteiger partial charge on any atom is 0.443 e. The number of ether oxygens (including phenoxy) is 1. The van der Waals surface area contributed by atoms with Gasteiger partial charge in [0.1, 0.15) is 5.75 Å². The van der Waals surface area contributed by atoms with E-state index >= 15 is 0 Å². The van der Waals surface area contributed by atoms with Crippen LogP contribution >= 0.6 is 11.3 Å². The molecule has 0 N–H and O–H groups in total. The van der Waals surface area contributed by atoms with Crippen molar-refractivity contribution in [3.8, 4) is 5.75 Å². The molecule has 0 atom stereocenters. The van der Waals surface area contributed by atoms with Crippen molar-refractivity contribution in [3.63, 3.8) is 0 Å². The average molecular weight is 233 g/mol. The van der Waals surface area contributed by atoms with Crippen LogP contribution in [0.1, 0.15) is 5.01 Å². The molecule has 0 unspecified atom stereocenters. The molecule has 0 saturated carbocycles. The maximum absolute atomic E-state index is 12.4. The molecule has 15 heavy (non-hydrogen) atoms. The van der Waals surface area contributed by atoms with Crippen LogP contribution in [0.3, 0.4) is 0 Å². The lowest BCUT2D eigenvalue weighted by Crippen LogP contribution is -2.03.